The average Bonchev–Trinajstić information content (AvgIpc) is 3.20. The largest absolute Gasteiger partial charge is 0.336 e. The summed E-state index contributed by atoms with van der Waals surface area (Å²) in [4.78, 5) is 41.0. The minimum Gasteiger partial charge on any atom is -0.329 e. The molecule has 1 aromatic rings. The number of hydrogen-bond donors (Lipinski definition) is 0. The van der Waals surface area contributed by atoms with Crippen molar-refractivity contribution in [2.75, 3.05) is 0 Å². The predicted octanol–water partition coefficient (Wildman–Crippen LogP) is 2.03. The van der Waals surface area contributed by atoms with Gasteiger partial charge in [0.1, 0.15) is 0 Å². The van der Waals surface area contributed by atoms with Gasteiger partial charge < -0.3 is 4.84 Å². The summed E-state index contributed by atoms with van der Waals surface area (Å²) in [6, 6.07) is 6.45. The Bertz CT molecular complexity index is 573. The summed E-state index contributed by atoms with van der Waals surface area (Å²) in [5.74, 6) is -1.13. The quantitative estimate of drug-likeness (QED) is 0.790. The third kappa shape index (κ3) is 1.90. The van der Waals surface area contributed by atoms with Gasteiger partial charge in [0.25, 0.3) is 11.8 Å². The number of carbonyl (C=O) groups is 3. The van der Waals surface area contributed by atoms with Crippen molar-refractivity contribution in [2.24, 2.45) is 17.8 Å². The lowest BCUT2D eigenvalue weighted by molar-refractivity contribution is -0.170. The zero-order valence-corrected chi connectivity index (χ0v) is 11.3. The number of nitrogens with zero attached hydrogens (tertiary/aromatic N) is 1. The third-order valence-corrected chi connectivity index (χ3v) is 3.94. The topological polar surface area (TPSA) is 63.7 Å². The molecule has 1 aliphatic heterocycles. The third-order valence-electron chi connectivity index (χ3n) is 3.94. The van der Waals surface area contributed by atoms with Crippen LogP contribution in [-0.4, -0.2) is 22.8 Å². The first-order valence-corrected chi connectivity index (χ1v) is 6.70. The molecular weight excluding hydrogens is 258 g/mol. The Balaban J connectivity index is 1.73. The zero-order chi connectivity index (χ0) is 14.4. The molecule has 1 fully saturated rings. The maximum atomic E-state index is 12.0. The summed E-state index contributed by atoms with van der Waals surface area (Å²) in [6.07, 6.45) is 0.764. The van der Waals surface area contributed by atoms with Gasteiger partial charge in [-0.25, -0.2) is 4.79 Å². The Morgan fingerprint density at radius 2 is 1.75 bits per heavy atom. The summed E-state index contributed by atoms with van der Waals surface area (Å²) in [6.45, 7) is 4.08. The molecule has 0 saturated heterocycles. The van der Waals surface area contributed by atoms with Crippen LogP contribution in [0.5, 0.6) is 0 Å². The average molecular weight is 273 g/mol. The Kier molecular flexibility index (Phi) is 2.85. The number of carbonyl (C=O) groups excluding carboxylic acids is 3. The van der Waals surface area contributed by atoms with E-state index in [1.807, 2.05) is 13.8 Å². The number of hydrogen-bond acceptors (Lipinski definition) is 4. The van der Waals surface area contributed by atoms with Gasteiger partial charge >= 0.3 is 5.97 Å². The van der Waals surface area contributed by atoms with Gasteiger partial charge in [-0.2, -0.15) is 0 Å². The van der Waals surface area contributed by atoms with Crippen molar-refractivity contribution in [3.05, 3.63) is 35.4 Å². The molecular formula is C15H15NO4. The molecule has 3 rings (SSSR count). The van der Waals surface area contributed by atoms with Crippen molar-refractivity contribution in [2.45, 2.75) is 20.3 Å². The van der Waals surface area contributed by atoms with Crippen LogP contribution in [0, 0.1) is 17.8 Å². The zero-order valence-electron chi connectivity index (χ0n) is 11.3. The van der Waals surface area contributed by atoms with E-state index in [4.69, 9.17) is 4.84 Å². The normalized spacial score (nSPS) is 24.1. The molecule has 2 aliphatic rings. The van der Waals surface area contributed by atoms with Crippen LogP contribution in [0.2, 0.25) is 0 Å². The molecule has 0 spiro atoms. The van der Waals surface area contributed by atoms with E-state index >= 15 is 0 Å². The number of imide groups is 1. The highest BCUT2D eigenvalue weighted by Crippen LogP contribution is 2.45. The number of fused-ring (bicyclic) bond motifs is 1. The predicted molar refractivity (Wildman–Crippen MR) is 69.5 cm³/mol. The van der Waals surface area contributed by atoms with E-state index in [2.05, 4.69) is 0 Å². The molecule has 104 valence electrons. The number of hydroxylamine groups is 2. The van der Waals surface area contributed by atoms with Gasteiger partial charge in [0.05, 0.1) is 17.0 Å². The second kappa shape index (κ2) is 4.44. The summed E-state index contributed by atoms with van der Waals surface area (Å²) in [7, 11) is 0. The van der Waals surface area contributed by atoms with Crippen molar-refractivity contribution in [1.82, 2.24) is 5.06 Å². The summed E-state index contributed by atoms with van der Waals surface area (Å²) in [5.41, 5.74) is 0.558. The van der Waals surface area contributed by atoms with E-state index in [0.717, 1.165) is 6.42 Å². The fourth-order valence-electron chi connectivity index (χ4n) is 2.63. The molecule has 0 bridgehead atoms. The lowest BCUT2D eigenvalue weighted by atomic mass is 10.1. The summed E-state index contributed by atoms with van der Waals surface area (Å²) in [5, 5.41) is 0.586. The monoisotopic (exact) mass is 273 g/mol. The fraction of sp³-hybridized carbons (Fsp3) is 0.400. The highest BCUT2D eigenvalue weighted by molar-refractivity contribution is 6.20. The first-order chi connectivity index (χ1) is 9.50. The Labute approximate surface area is 116 Å². The highest BCUT2D eigenvalue weighted by atomic mass is 16.7. The van der Waals surface area contributed by atoms with Crippen LogP contribution >= 0.6 is 0 Å². The first-order valence-electron chi connectivity index (χ1n) is 6.70. The second-order valence-corrected chi connectivity index (χ2v) is 5.61. The van der Waals surface area contributed by atoms with Gasteiger partial charge in [-0.3, -0.25) is 9.59 Å². The SMILES string of the molecule is CC(C)[C@@H]1C[C@H]1C(=O)ON1C(=O)c2ccccc2C1=O. The van der Waals surface area contributed by atoms with E-state index in [-0.39, 0.29) is 23.0 Å². The van der Waals surface area contributed by atoms with Gasteiger partial charge in [0.15, 0.2) is 0 Å². The molecule has 0 unspecified atom stereocenters. The van der Waals surface area contributed by atoms with Gasteiger partial charge in [0, 0.05) is 0 Å². The second-order valence-electron chi connectivity index (χ2n) is 5.61. The number of amides is 2. The molecule has 20 heavy (non-hydrogen) atoms. The number of rotatable bonds is 3. The number of benzene rings is 1. The van der Waals surface area contributed by atoms with E-state index in [0.29, 0.717) is 11.0 Å². The van der Waals surface area contributed by atoms with Crippen LogP contribution in [0.3, 0.4) is 0 Å². The Morgan fingerprint density at radius 3 is 2.20 bits per heavy atom. The van der Waals surface area contributed by atoms with Gasteiger partial charge in [-0.1, -0.05) is 31.0 Å². The molecule has 5 nitrogen and oxygen atoms in total. The molecule has 1 aromatic carbocycles. The first kappa shape index (κ1) is 12.8. The summed E-state index contributed by atoms with van der Waals surface area (Å²) < 4.78 is 0. The van der Waals surface area contributed by atoms with Crippen molar-refractivity contribution in [1.29, 1.82) is 0 Å². The smallest absolute Gasteiger partial charge is 0.329 e. The molecule has 2 atom stereocenters. The van der Waals surface area contributed by atoms with Crippen LogP contribution in [-0.2, 0) is 9.63 Å². The van der Waals surface area contributed by atoms with Gasteiger partial charge in [-0.15, -0.1) is 0 Å². The Morgan fingerprint density at radius 1 is 1.20 bits per heavy atom. The van der Waals surface area contributed by atoms with Crippen LogP contribution in [0.4, 0.5) is 0 Å². The fourth-order valence-corrected chi connectivity index (χ4v) is 2.63. The van der Waals surface area contributed by atoms with Gasteiger partial charge in [-0.05, 0) is 30.4 Å². The van der Waals surface area contributed by atoms with E-state index in [1.54, 1.807) is 24.3 Å². The van der Waals surface area contributed by atoms with E-state index < -0.39 is 17.8 Å². The summed E-state index contributed by atoms with van der Waals surface area (Å²) >= 11 is 0. The lowest BCUT2D eigenvalue weighted by Crippen LogP contribution is -2.33. The molecule has 0 aromatic heterocycles. The van der Waals surface area contributed by atoms with Crippen LogP contribution < -0.4 is 0 Å². The van der Waals surface area contributed by atoms with E-state index in [1.165, 1.54) is 0 Å². The van der Waals surface area contributed by atoms with Gasteiger partial charge in [0.2, 0.25) is 0 Å². The minimum absolute atomic E-state index is 0.195. The molecule has 2 amide bonds. The molecule has 0 N–H and O–H groups in total. The molecule has 1 saturated carbocycles. The van der Waals surface area contributed by atoms with E-state index in [9.17, 15) is 14.4 Å². The van der Waals surface area contributed by atoms with Crippen molar-refractivity contribution < 1.29 is 19.2 Å². The van der Waals surface area contributed by atoms with Crippen molar-refractivity contribution in [3.8, 4) is 0 Å². The lowest BCUT2D eigenvalue weighted by Gasteiger charge is -2.12. The molecule has 1 heterocycles. The minimum atomic E-state index is -0.569. The Hall–Kier alpha value is -2.17. The molecule has 0 radical (unpaired) electrons. The highest BCUT2D eigenvalue weighted by Gasteiger charge is 2.48. The molecule has 1 aliphatic carbocycles. The van der Waals surface area contributed by atoms with Crippen LogP contribution in [0.1, 0.15) is 41.0 Å². The van der Waals surface area contributed by atoms with Crippen molar-refractivity contribution in [3.63, 3.8) is 0 Å². The van der Waals surface area contributed by atoms with Crippen LogP contribution in [0.25, 0.3) is 0 Å². The maximum absolute atomic E-state index is 12.0. The standard InChI is InChI=1S/C15H15NO4/c1-8(2)11-7-12(11)15(19)20-16-13(17)9-5-3-4-6-10(9)14(16)18/h3-6,8,11-12H,7H2,1-2H3/t11-,12+/m0/s1. The van der Waals surface area contributed by atoms with Crippen LogP contribution in [0.15, 0.2) is 24.3 Å². The maximum Gasteiger partial charge on any atom is 0.336 e. The van der Waals surface area contributed by atoms with Crippen molar-refractivity contribution >= 4 is 17.8 Å². The molecule has 5 heteroatoms.